The number of piperidine rings is 1. The Morgan fingerprint density at radius 2 is 1.60 bits per heavy atom. The van der Waals surface area contributed by atoms with Gasteiger partial charge in [-0.2, -0.15) is 0 Å². The first kappa shape index (κ1) is 28.6. The molecule has 5 rings (SSSR count). The lowest BCUT2D eigenvalue weighted by molar-refractivity contribution is -0.137. The first-order chi connectivity index (χ1) is 19.4. The van der Waals surface area contributed by atoms with E-state index < -0.39 is 0 Å². The molecule has 1 aliphatic carbocycles. The lowest BCUT2D eigenvalue weighted by Crippen LogP contribution is -2.44. The number of pyridine rings is 1. The van der Waals surface area contributed by atoms with Gasteiger partial charge in [-0.05, 0) is 73.7 Å². The molecule has 1 amide bonds. The van der Waals surface area contributed by atoms with E-state index in [2.05, 4.69) is 60.0 Å². The van der Waals surface area contributed by atoms with Crippen LogP contribution in [-0.4, -0.2) is 46.5 Å². The molecule has 0 spiro atoms. The summed E-state index contributed by atoms with van der Waals surface area (Å²) in [6.45, 7) is 9.03. The van der Waals surface area contributed by atoms with Crippen LogP contribution in [0.5, 0.6) is 0 Å². The van der Waals surface area contributed by atoms with Crippen molar-refractivity contribution in [2.75, 3.05) is 26.2 Å². The van der Waals surface area contributed by atoms with Crippen LogP contribution in [0, 0.1) is 17.8 Å². The van der Waals surface area contributed by atoms with Gasteiger partial charge in [-0.25, -0.2) is 0 Å². The van der Waals surface area contributed by atoms with E-state index in [1.165, 1.54) is 12.0 Å². The summed E-state index contributed by atoms with van der Waals surface area (Å²) in [4.78, 5) is 32.4. The normalized spacial score (nSPS) is 18.3. The van der Waals surface area contributed by atoms with E-state index in [1.54, 1.807) is 4.57 Å². The molecule has 5 nitrogen and oxygen atoms in total. The van der Waals surface area contributed by atoms with Gasteiger partial charge in [-0.3, -0.25) is 9.59 Å². The Morgan fingerprint density at radius 1 is 0.925 bits per heavy atom. The number of aromatic nitrogens is 1. The van der Waals surface area contributed by atoms with Crippen LogP contribution in [0.15, 0.2) is 65.5 Å². The number of rotatable bonds is 9. The van der Waals surface area contributed by atoms with Gasteiger partial charge < -0.3 is 14.4 Å². The molecule has 1 aromatic heterocycles. The van der Waals surface area contributed by atoms with E-state index in [-0.39, 0.29) is 23.3 Å². The molecule has 214 valence electrons. The minimum Gasteiger partial charge on any atom is -0.337 e. The average Bonchev–Trinajstić information content (AvgIpc) is 2.98. The third kappa shape index (κ3) is 6.68. The second-order valence-corrected chi connectivity index (χ2v) is 12.7. The summed E-state index contributed by atoms with van der Waals surface area (Å²) in [6.07, 6.45) is 7.70. The number of benzene rings is 2. The Balaban J connectivity index is 1.46. The molecule has 2 fully saturated rings. The van der Waals surface area contributed by atoms with Crippen molar-refractivity contribution in [3.63, 3.8) is 0 Å². The first-order valence-corrected chi connectivity index (χ1v) is 15.5. The largest absolute Gasteiger partial charge is 0.337 e. The number of para-hydroxylation sites is 1. The second kappa shape index (κ2) is 13.2. The molecule has 1 aliphatic heterocycles. The summed E-state index contributed by atoms with van der Waals surface area (Å²) >= 11 is 0. The van der Waals surface area contributed by atoms with E-state index >= 15 is 0 Å². The molecule has 40 heavy (non-hydrogen) atoms. The summed E-state index contributed by atoms with van der Waals surface area (Å²) in [7, 11) is 1.85. The van der Waals surface area contributed by atoms with Gasteiger partial charge >= 0.3 is 0 Å². The Kier molecular flexibility index (Phi) is 9.41. The van der Waals surface area contributed by atoms with Crippen molar-refractivity contribution < 1.29 is 4.79 Å². The van der Waals surface area contributed by atoms with E-state index in [1.807, 2.05) is 31.3 Å². The maximum absolute atomic E-state index is 14.2. The van der Waals surface area contributed by atoms with Crippen molar-refractivity contribution in [3.8, 4) is 0 Å². The molecule has 0 bridgehead atoms. The van der Waals surface area contributed by atoms with Crippen LogP contribution in [0.3, 0.4) is 0 Å². The molecule has 3 aromatic rings. The van der Waals surface area contributed by atoms with Crippen LogP contribution in [0.25, 0.3) is 10.9 Å². The van der Waals surface area contributed by atoms with Crippen molar-refractivity contribution in [2.45, 2.75) is 71.3 Å². The highest BCUT2D eigenvalue weighted by Gasteiger charge is 2.33. The zero-order chi connectivity index (χ0) is 28.1. The van der Waals surface area contributed by atoms with E-state index in [0.717, 1.165) is 69.1 Å². The number of likely N-dealkylation sites (tertiary alicyclic amines) is 1. The predicted octanol–water partition coefficient (Wildman–Crippen LogP) is 6.60. The monoisotopic (exact) mass is 541 g/mol. The van der Waals surface area contributed by atoms with Gasteiger partial charge in [-0.15, -0.1) is 0 Å². The van der Waals surface area contributed by atoms with Crippen LogP contribution in [0.4, 0.5) is 0 Å². The van der Waals surface area contributed by atoms with Gasteiger partial charge in [0, 0.05) is 37.5 Å². The van der Waals surface area contributed by atoms with Crippen molar-refractivity contribution in [2.24, 2.45) is 24.8 Å². The summed E-state index contributed by atoms with van der Waals surface area (Å²) < 4.78 is 1.74. The predicted molar refractivity (Wildman–Crippen MR) is 164 cm³/mol. The molecule has 1 unspecified atom stereocenters. The number of amides is 1. The molecule has 2 aromatic carbocycles. The fourth-order valence-electron chi connectivity index (χ4n) is 7.17. The molecule has 0 N–H and O–H groups in total. The van der Waals surface area contributed by atoms with E-state index in [4.69, 9.17) is 0 Å². The Hall–Kier alpha value is -2.92. The summed E-state index contributed by atoms with van der Waals surface area (Å²) in [5.74, 6) is 1.77. The fourth-order valence-corrected chi connectivity index (χ4v) is 7.17. The number of carbonyl (C=O) groups is 1. The summed E-state index contributed by atoms with van der Waals surface area (Å²) in [6, 6.07) is 20.9. The zero-order valence-electron chi connectivity index (χ0n) is 24.7. The highest BCUT2D eigenvalue weighted by Crippen LogP contribution is 2.35. The Labute approximate surface area is 240 Å². The van der Waals surface area contributed by atoms with Crippen molar-refractivity contribution >= 4 is 16.8 Å². The minimum absolute atomic E-state index is 0.00148. The van der Waals surface area contributed by atoms with Crippen molar-refractivity contribution in [3.05, 3.63) is 82.1 Å². The summed E-state index contributed by atoms with van der Waals surface area (Å²) in [5.41, 5.74) is 2.96. The van der Waals surface area contributed by atoms with E-state index in [0.29, 0.717) is 30.5 Å². The van der Waals surface area contributed by atoms with Crippen molar-refractivity contribution in [1.29, 1.82) is 0 Å². The van der Waals surface area contributed by atoms with Crippen molar-refractivity contribution in [1.82, 2.24) is 14.4 Å². The Morgan fingerprint density at radius 3 is 2.30 bits per heavy atom. The smallest absolute Gasteiger partial charge is 0.255 e. The quantitative estimate of drug-likeness (QED) is 0.307. The topological polar surface area (TPSA) is 45.5 Å². The van der Waals surface area contributed by atoms with Crippen LogP contribution >= 0.6 is 0 Å². The molecule has 5 heteroatoms. The van der Waals surface area contributed by atoms with Gasteiger partial charge in [0.25, 0.3) is 5.56 Å². The van der Waals surface area contributed by atoms with Gasteiger partial charge in [0.05, 0.1) is 12.1 Å². The molecule has 1 atom stereocenters. The third-order valence-corrected chi connectivity index (χ3v) is 9.30. The third-order valence-electron chi connectivity index (χ3n) is 9.30. The van der Waals surface area contributed by atoms with E-state index in [9.17, 15) is 9.59 Å². The van der Waals surface area contributed by atoms with Crippen LogP contribution in [0.1, 0.15) is 75.8 Å². The molecule has 0 radical (unpaired) electrons. The second-order valence-electron chi connectivity index (χ2n) is 12.7. The lowest BCUT2D eigenvalue weighted by Gasteiger charge is -2.39. The van der Waals surface area contributed by atoms with Crippen LogP contribution in [-0.2, 0) is 18.4 Å². The number of aryl methyl sites for hydroxylation is 1. The molecule has 1 saturated heterocycles. The first-order valence-electron chi connectivity index (χ1n) is 15.5. The number of fused-ring (bicyclic) bond motifs is 1. The van der Waals surface area contributed by atoms with Crippen LogP contribution < -0.4 is 5.56 Å². The Bertz CT molecular complexity index is 1320. The lowest BCUT2D eigenvalue weighted by atomic mass is 9.79. The molecule has 2 heterocycles. The maximum atomic E-state index is 14.2. The van der Waals surface area contributed by atoms with Crippen LogP contribution in [0.2, 0.25) is 0 Å². The minimum atomic E-state index is -0.00148. The standard InChI is InChI=1S/C35H47N3O2/c1-26(2)23-37-20-18-28(19-21-37)32(27-12-6-4-7-13-27)25-38(35(40)29-14-8-5-9-15-29)24-31-22-30-16-10-11-17-33(30)36(3)34(31)39/h4,6-7,10-13,16-17,22,26,28-29,32H,5,8-9,14-15,18-21,23-25H2,1-3H3. The average molecular weight is 542 g/mol. The maximum Gasteiger partial charge on any atom is 0.255 e. The van der Waals surface area contributed by atoms with Gasteiger partial charge in [0.1, 0.15) is 0 Å². The highest BCUT2D eigenvalue weighted by molar-refractivity contribution is 5.81. The van der Waals surface area contributed by atoms with Gasteiger partial charge in [-0.1, -0.05) is 81.6 Å². The number of carbonyl (C=O) groups excluding carboxylic acids is 1. The highest BCUT2D eigenvalue weighted by atomic mass is 16.2. The number of hydrogen-bond acceptors (Lipinski definition) is 3. The zero-order valence-corrected chi connectivity index (χ0v) is 24.7. The summed E-state index contributed by atoms with van der Waals surface area (Å²) in [5, 5.41) is 1.04. The fraction of sp³-hybridized carbons (Fsp3) is 0.543. The number of hydrogen-bond donors (Lipinski definition) is 0. The molecular formula is C35H47N3O2. The SMILES string of the molecule is CC(C)CN1CCC(C(CN(Cc2cc3ccccc3n(C)c2=O)C(=O)C2CCCCC2)c2ccccc2)CC1. The molecular weight excluding hydrogens is 494 g/mol. The number of nitrogens with zero attached hydrogens (tertiary/aromatic N) is 3. The molecule has 2 aliphatic rings. The molecule has 1 saturated carbocycles. The van der Waals surface area contributed by atoms with Gasteiger partial charge in [0.15, 0.2) is 0 Å². The van der Waals surface area contributed by atoms with Gasteiger partial charge in [0.2, 0.25) is 5.91 Å².